The molecule has 1 N–H and O–H groups in total. The average Bonchev–Trinajstić information content (AvgIpc) is 2.39. The molecule has 0 amide bonds. The zero-order valence-corrected chi connectivity index (χ0v) is 10.7. The summed E-state index contributed by atoms with van der Waals surface area (Å²) in [6, 6.07) is 8.38. The van der Waals surface area contributed by atoms with E-state index in [0.717, 1.165) is 19.4 Å². The van der Waals surface area contributed by atoms with E-state index in [1.165, 1.54) is 11.3 Å². The number of nitrogens with zero attached hydrogens (tertiary/aromatic N) is 1. The second kappa shape index (κ2) is 5.71. The molecular formula is C15H19NO2. The van der Waals surface area contributed by atoms with Gasteiger partial charge in [0.15, 0.2) is 0 Å². The first kappa shape index (κ1) is 12.7. The molecule has 3 nitrogen and oxygen atoms in total. The third-order valence-corrected chi connectivity index (χ3v) is 3.42. The Labute approximate surface area is 108 Å². The molecule has 1 aromatic rings. The number of benzene rings is 1. The monoisotopic (exact) mass is 245 g/mol. The summed E-state index contributed by atoms with van der Waals surface area (Å²) in [6.45, 7) is 3.57. The Hall–Kier alpha value is -1.77. The predicted molar refractivity (Wildman–Crippen MR) is 73.0 cm³/mol. The fourth-order valence-electron chi connectivity index (χ4n) is 2.40. The second-order valence-corrected chi connectivity index (χ2v) is 4.57. The van der Waals surface area contributed by atoms with Gasteiger partial charge in [0, 0.05) is 24.4 Å². The van der Waals surface area contributed by atoms with Gasteiger partial charge in [-0.25, -0.2) is 4.79 Å². The quantitative estimate of drug-likeness (QED) is 0.829. The predicted octanol–water partition coefficient (Wildman–Crippen LogP) is 2.86. The van der Waals surface area contributed by atoms with Crippen molar-refractivity contribution in [3.05, 3.63) is 41.5 Å². The number of aryl methyl sites for hydroxylation is 1. The van der Waals surface area contributed by atoms with Gasteiger partial charge in [-0.15, -0.1) is 0 Å². The first-order chi connectivity index (χ1) is 8.72. The Morgan fingerprint density at radius 3 is 2.94 bits per heavy atom. The van der Waals surface area contributed by atoms with Crippen LogP contribution in [0.2, 0.25) is 0 Å². The molecular weight excluding hydrogens is 226 g/mol. The minimum Gasteiger partial charge on any atom is -0.478 e. The summed E-state index contributed by atoms with van der Waals surface area (Å²) in [6.07, 6.45) is 4.67. The minimum atomic E-state index is -0.803. The van der Waals surface area contributed by atoms with Crippen molar-refractivity contribution in [2.45, 2.75) is 26.2 Å². The van der Waals surface area contributed by atoms with Crippen molar-refractivity contribution in [2.75, 3.05) is 18.0 Å². The van der Waals surface area contributed by atoms with Crippen molar-refractivity contribution in [1.29, 1.82) is 0 Å². The van der Waals surface area contributed by atoms with E-state index in [-0.39, 0.29) is 0 Å². The van der Waals surface area contributed by atoms with Gasteiger partial charge in [-0.1, -0.05) is 31.2 Å². The van der Waals surface area contributed by atoms with E-state index in [4.69, 9.17) is 5.11 Å². The number of aliphatic carboxylic acids is 1. The third kappa shape index (κ3) is 2.73. The molecule has 0 atom stereocenters. The molecule has 1 aliphatic rings. The first-order valence-corrected chi connectivity index (χ1v) is 6.47. The first-order valence-electron chi connectivity index (χ1n) is 6.47. The van der Waals surface area contributed by atoms with Crippen LogP contribution in [0.25, 0.3) is 0 Å². The zero-order valence-electron chi connectivity index (χ0n) is 10.7. The highest BCUT2D eigenvalue weighted by molar-refractivity contribution is 5.86. The molecule has 1 heterocycles. The molecule has 1 aliphatic heterocycles. The van der Waals surface area contributed by atoms with E-state index in [2.05, 4.69) is 23.1 Å². The number of carboxylic acids is 1. The lowest BCUT2D eigenvalue weighted by molar-refractivity contribution is -0.132. The van der Waals surface area contributed by atoms with Gasteiger partial charge in [0.05, 0.1) is 0 Å². The summed E-state index contributed by atoms with van der Waals surface area (Å²) in [7, 11) is 0. The van der Waals surface area contributed by atoms with Crippen molar-refractivity contribution in [3.8, 4) is 0 Å². The van der Waals surface area contributed by atoms with E-state index in [1.54, 1.807) is 0 Å². The van der Waals surface area contributed by atoms with Crippen LogP contribution in [0.15, 0.2) is 35.9 Å². The van der Waals surface area contributed by atoms with Crippen LogP contribution >= 0.6 is 0 Å². The Bertz CT molecular complexity index is 465. The van der Waals surface area contributed by atoms with Crippen LogP contribution in [0, 0.1) is 0 Å². The van der Waals surface area contributed by atoms with Crippen molar-refractivity contribution in [3.63, 3.8) is 0 Å². The number of hydrogen-bond donors (Lipinski definition) is 1. The summed E-state index contributed by atoms with van der Waals surface area (Å²) >= 11 is 0. The van der Waals surface area contributed by atoms with Gasteiger partial charge in [-0.3, -0.25) is 0 Å². The lowest BCUT2D eigenvalue weighted by atomic mass is 10.0. The van der Waals surface area contributed by atoms with E-state index in [0.29, 0.717) is 18.5 Å². The van der Waals surface area contributed by atoms with E-state index in [9.17, 15) is 4.79 Å². The van der Waals surface area contributed by atoms with Gasteiger partial charge in [0.25, 0.3) is 0 Å². The largest absolute Gasteiger partial charge is 0.478 e. The average molecular weight is 245 g/mol. The van der Waals surface area contributed by atoms with Crippen molar-refractivity contribution < 1.29 is 9.90 Å². The third-order valence-electron chi connectivity index (χ3n) is 3.42. The number of rotatable bonds is 4. The normalized spacial score (nSPS) is 15.4. The van der Waals surface area contributed by atoms with Crippen molar-refractivity contribution >= 4 is 11.7 Å². The Morgan fingerprint density at radius 2 is 2.22 bits per heavy atom. The van der Waals surface area contributed by atoms with E-state index < -0.39 is 5.97 Å². The number of carbonyl (C=O) groups is 1. The van der Waals surface area contributed by atoms with Crippen LogP contribution in [0.5, 0.6) is 0 Å². The van der Waals surface area contributed by atoms with Crippen LogP contribution in [0.4, 0.5) is 5.69 Å². The molecule has 0 spiro atoms. The number of hydrogen-bond acceptors (Lipinski definition) is 2. The van der Waals surface area contributed by atoms with Gasteiger partial charge in [0.2, 0.25) is 0 Å². The van der Waals surface area contributed by atoms with Crippen molar-refractivity contribution in [1.82, 2.24) is 0 Å². The molecule has 1 aromatic carbocycles. The SMILES string of the molecule is CCC(=CCN1CCCc2ccccc21)C(=O)O. The summed E-state index contributed by atoms with van der Waals surface area (Å²) in [5, 5.41) is 9.01. The molecule has 96 valence electrons. The standard InChI is InChI=1S/C15H19NO2/c1-2-12(15(17)18)9-11-16-10-5-7-13-6-3-4-8-14(13)16/h3-4,6,8-9H,2,5,7,10-11H2,1H3,(H,17,18). The number of fused-ring (bicyclic) bond motifs is 1. The van der Waals surface area contributed by atoms with Gasteiger partial charge < -0.3 is 10.0 Å². The smallest absolute Gasteiger partial charge is 0.331 e. The molecule has 0 aromatic heterocycles. The fraction of sp³-hybridized carbons (Fsp3) is 0.400. The lowest BCUT2D eigenvalue weighted by Crippen LogP contribution is -2.29. The van der Waals surface area contributed by atoms with Gasteiger partial charge in [0.1, 0.15) is 0 Å². The molecule has 0 saturated heterocycles. The second-order valence-electron chi connectivity index (χ2n) is 4.57. The maximum atomic E-state index is 11.0. The fourth-order valence-corrected chi connectivity index (χ4v) is 2.40. The molecule has 0 unspecified atom stereocenters. The maximum absolute atomic E-state index is 11.0. The number of carboxylic acid groups (broad SMARTS) is 1. The molecule has 0 fully saturated rings. The molecule has 0 saturated carbocycles. The topological polar surface area (TPSA) is 40.5 Å². The Kier molecular flexibility index (Phi) is 4.03. The van der Waals surface area contributed by atoms with Crippen LogP contribution in [0.3, 0.4) is 0 Å². The van der Waals surface area contributed by atoms with Crippen molar-refractivity contribution in [2.24, 2.45) is 0 Å². The highest BCUT2D eigenvalue weighted by Gasteiger charge is 2.15. The minimum absolute atomic E-state index is 0.498. The van der Waals surface area contributed by atoms with E-state index >= 15 is 0 Å². The number of para-hydroxylation sites is 1. The molecule has 0 bridgehead atoms. The summed E-state index contributed by atoms with van der Waals surface area (Å²) < 4.78 is 0. The van der Waals surface area contributed by atoms with E-state index in [1.807, 2.05) is 19.1 Å². The molecule has 0 aliphatic carbocycles. The highest BCUT2D eigenvalue weighted by atomic mass is 16.4. The Balaban J connectivity index is 2.14. The lowest BCUT2D eigenvalue weighted by Gasteiger charge is -2.30. The Morgan fingerprint density at radius 1 is 1.44 bits per heavy atom. The molecule has 0 radical (unpaired) electrons. The number of anilines is 1. The van der Waals surface area contributed by atoms with Gasteiger partial charge in [-0.2, -0.15) is 0 Å². The summed E-state index contributed by atoms with van der Waals surface area (Å²) in [5.41, 5.74) is 3.12. The van der Waals surface area contributed by atoms with Crippen LogP contribution in [-0.4, -0.2) is 24.2 Å². The van der Waals surface area contributed by atoms with Gasteiger partial charge >= 0.3 is 5.97 Å². The van der Waals surface area contributed by atoms with Crippen LogP contribution in [0.1, 0.15) is 25.3 Å². The summed E-state index contributed by atoms with van der Waals surface area (Å²) in [5.74, 6) is -0.803. The summed E-state index contributed by atoms with van der Waals surface area (Å²) in [4.78, 5) is 13.2. The maximum Gasteiger partial charge on any atom is 0.331 e. The molecule has 3 heteroatoms. The zero-order chi connectivity index (χ0) is 13.0. The molecule has 2 rings (SSSR count). The highest BCUT2D eigenvalue weighted by Crippen LogP contribution is 2.26. The molecule has 18 heavy (non-hydrogen) atoms. The van der Waals surface area contributed by atoms with Gasteiger partial charge in [-0.05, 0) is 30.9 Å². The van der Waals surface area contributed by atoms with Crippen LogP contribution in [-0.2, 0) is 11.2 Å². The van der Waals surface area contributed by atoms with Crippen LogP contribution < -0.4 is 4.90 Å².